The van der Waals surface area contributed by atoms with Gasteiger partial charge >= 0.3 is 0 Å². The molecule has 25 heavy (non-hydrogen) atoms. The maximum Gasteiger partial charge on any atom is 0.255 e. The van der Waals surface area contributed by atoms with Gasteiger partial charge in [-0.1, -0.05) is 18.2 Å². The molecule has 1 aromatic heterocycles. The monoisotopic (exact) mass is 340 g/mol. The van der Waals surface area contributed by atoms with Gasteiger partial charge in [0.25, 0.3) is 5.91 Å². The molecule has 0 saturated carbocycles. The van der Waals surface area contributed by atoms with E-state index in [1.807, 2.05) is 24.3 Å². The first-order valence-electron chi connectivity index (χ1n) is 8.14. The lowest BCUT2D eigenvalue weighted by atomic mass is 10.1. The van der Waals surface area contributed by atoms with Crippen LogP contribution in [-0.4, -0.2) is 58.7 Å². The molecular weight excluding hydrogens is 320 g/mol. The number of hydrogen-bond acceptors (Lipinski definition) is 4. The van der Waals surface area contributed by atoms with E-state index in [0.29, 0.717) is 18.7 Å². The predicted molar refractivity (Wildman–Crippen MR) is 92.6 cm³/mol. The molecule has 2 N–H and O–H groups in total. The molecular formula is C18H20N4O3. The summed E-state index contributed by atoms with van der Waals surface area (Å²) in [6, 6.07) is 9.34. The first-order valence-corrected chi connectivity index (χ1v) is 8.14. The molecule has 0 spiro atoms. The molecule has 1 aliphatic rings. The normalized spacial score (nSPS) is 18.0. The minimum atomic E-state index is -0.580. The number of amides is 3. The second kappa shape index (κ2) is 6.88. The van der Waals surface area contributed by atoms with E-state index in [0.717, 1.165) is 10.9 Å². The van der Waals surface area contributed by atoms with Crippen LogP contribution in [0.2, 0.25) is 0 Å². The molecule has 3 rings (SSSR count). The molecule has 2 heterocycles. The smallest absolute Gasteiger partial charge is 0.255 e. The van der Waals surface area contributed by atoms with Gasteiger partial charge in [-0.05, 0) is 12.1 Å². The topological polar surface area (TPSA) is 96.6 Å². The summed E-state index contributed by atoms with van der Waals surface area (Å²) in [5.74, 6) is -1.44. The van der Waals surface area contributed by atoms with Crippen molar-refractivity contribution in [2.45, 2.75) is 6.92 Å². The Balaban J connectivity index is 1.86. The van der Waals surface area contributed by atoms with Crippen LogP contribution >= 0.6 is 0 Å². The van der Waals surface area contributed by atoms with Gasteiger partial charge in [0.05, 0.1) is 17.0 Å². The molecule has 1 atom stereocenters. The van der Waals surface area contributed by atoms with E-state index in [2.05, 4.69) is 4.98 Å². The number of nitrogens with zero attached hydrogens (tertiary/aromatic N) is 3. The van der Waals surface area contributed by atoms with E-state index in [-0.39, 0.29) is 24.9 Å². The van der Waals surface area contributed by atoms with Gasteiger partial charge in [-0.25, -0.2) is 0 Å². The fourth-order valence-electron chi connectivity index (χ4n) is 3.03. The molecule has 2 aromatic rings. The third-order valence-corrected chi connectivity index (χ3v) is 4.49. The lowest BCUT2D eigenvalue weighted by Crippen LogP contribution is -2.40. The number of benzene rings is 1. The van der Waals surface area contributed by atoms with Crippen molar-refractivity contribution >= 4 is 28.6 Å². The van der Waals surface area contributed by atoms with Gasteiger partial charge < -0.3 is 15.5 Å². The zero-order chi connectivity index (χ0) is 18.0. The van der Waals surface area contributed by atoms with Crippen molar-refractivity contribution in [3.63, 3.8) is 0 Å². The molecule has 0 aliphatic carbocycles. The standard InChI is InChI=1S/C18H20N4O3/c1-12(23)21-6-7-22(11-15(10-21)17(19)24)18(25)14-8-13-4-2-3-5-16(13)20-9-14/h2-5,8-9,15H,6-7,10-11H2,1H3,(H2,19,24)/t15-/m1/s1. The van der Waals surface area contributed by atoms with Gasteiger partial charge in [0.1, 0.15) is 0 Å². The number of pyridine rings is 1. The highest BCUT2D eigenvalue weighted by molar-refractivity contribution is 5.97. The summed E-state index contributed by atoms with van der Waals surface area (Å²) in [4.78, 5) is 43.7. The Morgan fingerprint density at radius 1 is 1.12 bits per heavy atom. The average Bonchev–Trinajstić information content (AvgIpc) is 2.84. The zero-order valence-electron chi connectivity index (χ0n) is 14.0. The van der Waals surface area contributed by atoms with Gasteiger partial charge in [-0.2, -0.15) is 0 Å². The number of aromatic nitrogens is 1. The SMILES string of the molecule is CC(=O)N1CCN(C(=O)c2cnc3ccccc3c2)C[C@H](C(N)=O)C1. The van der Waals surface area contributed by atoms with E-state index < -0.39 is 11.8 Å². The van der Waals surface area contributed by atoms with Crippen LogP contribution in [0.4, 0.5) is 0 Å². The molecule has 0 radical (unpaired) electrons. The van der Waals surface area contributed by atoms with E-state index in [9.17, 15) is 14.4 Å². The maximum absolute atomic E-state index is 12.9. The minimum absolute atomic E-state index is 0.132. The van der Waals surface area contributed by atoms with Crippen molar-refractivity contribution in [1.29, 1.82) is 0 Å². The quantitative estimate of drug-likeness (QED) is 0.867. The Morgan fingerprint density at radius 2 is 1.80 bits per heavy atom. The molecule has 0 unspecified atom stereocenters. The van der Waals surface area contributed by atoms with E-state index >= 15 is 0 Å². The highest BCUT2D eigenvalue weighted by Gasteiger charge is 2.30. The van der Waals surface area contributed by atoms with Crippen molar-refractivity contribution in [2.75, 3.05) is 26.2 Å². The summed E-state index contributed by atoms with van der Waals surface area (Å²) in [6.45, 7) is 2.62. The summed E-state index contributed by atoms with van der Waals surface area (Å²) in [5.41, 5.74) is 6.72. The van der Waals surface area contributed by atoms with Crippen LogP contribution in [-0.2, 0) is 9.59 Å². The predicted octanol–water partition coefficient (Wildman–Crippen LogP) is 0.641. The van der Waals surface area contributed by atoms with Crippen molar-refractivity contribution in [1.82, 2.24) is 14.8 Å². The van der Waals surface area contributed by atoms with Crippen LogP contribution in [0.5, 0.6) is 0 Å². The van der Waals surface area contributed by atoms with Gasteiger partial charge in [-0.15, -0.1) is 0 Å². The first-order chi connectivity index (χ1) is 12.0. The zero-order valence-corrected chi connectivity index (χ0v) is 14.0. The van der Waals surface area contributed by atoms with Crippen molar-refractivity contribution in [3.8, 4) is 0 Å². The van der Waals surface area contributed by atoms with Crippen molar-refractivity contribution in [3.05, 3.63) is 42.1 Å². The summed E-state index contributed by atoms with van der Waals surface area (Å²) in [6.07, 6.45) is 1.54. The second-order valence-corrected chi connectivity index (χ2v) is 6.23. The lowest BCUT2D eigenvalue weighted by Gasteiger charge is -2.22. The molecule has 1 aliphatic heterocycles. The number of primary amides is 1. The number of carbonyl (C=O) groups is 3. The summed E-state index contributed by atoms with van der Waals surface area (Å²) >= 11 is 0. The number of hydrogen-bond donors (Lipinski definition) is 1. The molecule has 1 aromatic carbocycles. The lowest BCUT2D eigenvalue weighted by molar-refractivity contribution is -0.130. The summed E-state index contributed by atoms with van der Waals surface area (Å²) in [7, 11) is 0. The number of fused-ring (bicyclic) bond motifs is 1. The van der Waals surface area contributed by atoms with Gasteiger partial charge in [-0.3, -0.25) is 19.4 Å². The third kappa shape index (κ3) is 3.60. The average molecular weight is 340 g/mol. The Bertz CT molecular complexity index is 836. The summed E-state index contributed by atoms with van der Waals surface area (Å²) in [5, 5.41) is 0.875. The first kappa shape index (κ1) is 16.9. The fourth-order valence-corrected chi connectivity index (χ4v) is 3.03. The van der Waals surface area contributed by atoms with Gasteiger partial charge in [0.15, 0.2) is 0 Å². The second-order valence-electron chi connectivity index (χ2n) is 6.23. The van der Waals surface area contributed by atoms with E-state index in [1.165, 1.54) is 13.1 Å². The number of para-hydroxylation sites is 1. The Labute approximate surface area is 145 Å². The molecule has 1 fully saturated rings. The molecule has 7 nitrogen and oxygen atoms in total. The number of nitrogens with two attached hydrogens (primary N) is 1. The van der Waals surface area contributed by atoms with Crippen LogP contribution in [0.15, 0.2) is 36.5 Å². The van der Waals surface area contributed by atoms with Crippen molar-refractivity contribution in [2.24, 2.45) is 11.7 Å². The van der Waals surface area contributed by atoms with Gasteiger partial charge in [0, 0.05) is 44.7 Å². The molecule has 1 saturated heterocycles. The fraction of sp³-hybridized carbons (Fsp3) is 0.333. The highest BCUT2D eigenvalue weighted by Crippen LogP contribution is 2.17. The number of carbonyl (C=O) groups excluding carboxylic acids is 3. The Hall–Kier alpha value is -2.96. The van der Waals surface area contributed by atoms with Gasteiger partial charge in [0.2, 0.25) is 11.8 Å². The van der Waals surface area contributed by atoms with Crippen LogP contribution in [0.25, 0.3) is 10.9 Å². The summed E-state index contributed by atoms with van der Waals surface area (Å²) < 4.78 is 0. The van der Waals surface area contributed by atoms with E-state index in [4.69, 9.17) is 5.73 Å². The third-order valence-electron chi connectivity index (χ3n) is 4.49. The molecule has 0 bridgehead atoms. The largest absolute Gasteiger partial charge is 0.369 e. The maximum atomic E-state index is 12.9. The Morgan fingerprint density at radius 3 is 2.52 bits per heavy atom. The number of rotatable bonds is 2. The highest BCUT2D eigenvalue weighted by atomic mass is 16.2. The molecule has 3 amide bonds. The Kier molecular flexibility index (Phi) is 4.65. The van der Waals surface area contributed by atoms with Crippen molar-refractivity contribution < 1.29 is 14.4 Å². The molecule has 130 valence electrons. The molecule has 7 heteroatoms. The van der Waals surface area contributed by atoms with Crippen LogP contribution in [0.1, 0.15) is 17.3 Å². The van der Waals surface area contributed by atoms with E-state index in [1.54, 1.807) is 15.9 Å². The van der Waals surface area contributed by atoms with Crippen LogP contribution in [0.3, 0.4) is 0 Å². The van der Waals surface area contributed by atoms with Crippen LogP contribution < -0.4 is 5.73 Å². The minimum Gasteiger partial charge on any atom is -0.369 e. The van der Waals surface area contributed by atoms with Crippen LogP contribution in [0, 0.1) is 5.92 Å².